The third kappa shape index (κ3) is 6.76. The van der Waals surface area contributed by atoms with Gasteiger partial charge in [0.2, 0.25) is 21.8 Å². The number of nitrogens with two attached hydrogens (primary N) is 1. The fourth-order valence-electron chi connectivity index (χ4n) is 3.72. The predicted octanol–water partition coefficient (Wildman–Crippen LogP) is 3.42. The molecule has 0 radical (unpaired) electrons. The number of para-hydroxylation sites is 1. The van der Waals surface area contributed by atoms with Crippen molar-refractivity contribution in [1.82, 2.24) is 0 Å². The Bertz CT molecular complexity index is 1390. The van der Waals surface area contributed by atoms with E-state index in [9.17, 15) is 18.0 Å². The van der Waals surface area contributed by atoms with Crippen molar-refractivity contribution in [2.75, 3.05) is 23.9 Å². The van der Waals surface area contributed by atoms with E-state index >= 15 is 0 Å². The van der Waals surface area contributed by atoms with Gasteiger partial charge in [-0.2, -0.15) is 0 Å². The minimum atomic E-state index is -3.75. The number of hydrogen-bond donors (Lipinski definition) is 2. The molecule has 1 saturated heterocycles. The Morgan fingerprint density at radius 2 is 1.73 bits per heavy atom. The number of methoxy groups -OCH3 is 1. The SMILES string of the molecule is COc1ccc(NC(=NCCc2ccc(S(N)(=O)=O)cc2)SC2CC(=O)N(c3ccccc3)C2=O)cc1. The van der Waals surface area contributed by atoms with Crippen molar-refractivity contribution >= 4 is 50.1 Å². The molecule has 9 nitrogen and oxygen atoms in total. The average molecular weight is 539 g/mol. The quantitative estimate of drug-likeness (QED) is 0.255. The molecule has 0 aromatic heterocycles. The molecule has 1 aliphatic heterocycles. The number of imide groups is 1. The molecular weight excluding hydrogens is 512 g/mol. The van der Waals surface area contributed by atoms with Crippen molar-refractivity contribution in [3.8, 4) is 5.75 Å². The number of nitrogens with one attached hydrogen (secondary N) is 1. The molecule has 3 aromatic rings. The third-order valence-corrected chi connectivity index (χ3v) is 7.66. The highest BCUT2D eigenvalue weighted by atomic mass is 32.2. The number of sulfonamides is 1. The molecule has 0 bridgehead atoms. The summed E-state index contributed by atoms with van der Waals surface area (Å²) in [5.74, 6) is 0.158. The van der Waals surface area contributed by atoms with Crippen molar-refractivity contribution in [3.05, 3.63) is 84.4 Å². The van der Waals surface area contributed by atoms with Crippen LogP contribution in [-0.4, -0.2) is 44.3 Å². The first-order valence-electron chi connectivity index (χ1n) is 11.4. The van der Waals surface area contributed by atoms with Gasteiger partial charge in [-0.25, -0.2) is 18.5 Å². The van der Waals surface area contributed by atoms with Crippen LogP contribution in [0.1, 0.15) is 12.0 Å². The van der Waals surface area contributed by atoms with Crippen molar-refractivity contribution in [3.63, 3.8) is 0 Å². The number of nitrogens with zero attached hydrogens (tertiary/aromatic N) is 2. The first-order valence-corrected chi connectivity index (χ1v) is 13.8. The van der Waals surface area contributed by atoms with Gasteiger partial charge in [-0.3, -0.25) is 14.6 Å². The fourth-order valence-corrected chi connectivity index (χ4v) is 5.28. The summed E-state index contributed by atoms with van der Waals surface area (Å²) in [5, 5.41) is 8.28. The number of anilines is 2. The molecule has 37 heavy (non-hydrogen) atoms. The number of hydrogen-bond acceptors (Lipinski definition) is 7. The van der Waals surface area contributed by atoms with Gasteiger partial charge in [0.15, 0.2) is 5.17 Å². The third-order valence-electron chi connectivity index (χ3n) is 5.62. The van der Waals surface area contributed by atoms with Gasteiger partial charge >= 0.3 is 0 Å². The number of carbonyl (C=O) groups is 2. The molecule has 0 saturated carbocycles. The smallest absolute Gasteiger partial charge is 0.247 e. The second-order valence-electron chi connectivity index (χ2n) is 8.19. The van der Waals surface area contributed by atoms with Gasteiger partial charge in [-0.1, -0.05) is 42.1 Å². The molecule has 4 rings (SSSR count). The number of thioether (sulfide) groups is 1. The highest BCUT2D eigenvalue weighted by Crippen LogP contribution is 2.31. The molecule has 1 heterocycles. The van der Waals surface area contributed by atoms with Crippen molar-refractivity contribution in [1.29, 1.82) is 0 Å². The lowest BCUT2D eigenvalue weighted by Crippen LogP contribution is -2.31. The number of rotatable bonds is 8. The molecule has 1 aliphatic rings. The van der Waals surface area contributed by atoms with E-state index in [1.165, 1.54) is 28.8 Å². The summed E-state index contributed by atoms with van der Waals surface area (Å²) in [5.41, 5.74) is 2.18. The molecule has 0 aliphatic carbocycles. The van der Waals surface area contributed by atoms with Crippen LogP contribution in [0.5, 0.6) is 5.75 Å². The Morgan fingerprint density at radius 1 is 1.05 bits per heavy atom. The van der Waals surface area contributed by atoms with Gasteiger partial charge in [0, 0.05) is 18.7 Å². The average Bonchev–Trinajstić information content (AvgIpc) is 3.17. The molecule has 3 aromatic carbocycles. The van der Waals surface area contributed by atoms with Crippen LogP contribution in [0.25, 0.3) is 0 Å². The topological polar surface area (TPSA) is 131 Å². The molecule has 1 fully saturated rings. The zero-order valence-corrected chi connectivity index (χ0v) is 21.7. The van der Waals surface area contributed by atoms with Crippen LogP contribution in [0.4, 0.5) is 11.4 Å². The number of carbonyl (C=O) groups excluding carboxylic acids is 2. The monoisotopic (exact) mass is 538 g/mol. The molecule has 3 N–H and O–H groups in total. The van der Waals surface area contributed by atoms with Crippen LogP contribution in [0.2, 0.25) is 0 Å². The molecule has 1 unspecified atom stereocenters. The lowest BCUT2D eigenvalue weighted by molar-refractivity contribution is -0.121. The molecule has 1 atom stereocenters. The van der Waals surface area contributed by atoms with Gasteiger partial charge in [-0.15, -0.1) is 0 Å². The number of primary sulfonamides is 1. The number of aliphatic imine (C=N–C) groups is 1. The molecule has 11 heteroatoms. The van der Waals surface area contributed by atoms with Crippen molar-refractivity contribution in [2.45, 2.75) is 23.0 Å². The van der Waals surface area contributed by atoms with E-state index in [4.69, 9.17) is 9.88 Å². The summed E-state index contributed by atoms with van der Waals surface area (Å²) in [6.07, 6.45) is 0.601. The van der Waals surface area contributed by atoms with Crippen molar-refractivity contribution < 1.29 is 22.7 Å². The normalized spacial score (nSPS) is 16.2. The first kappa shape index (κ1) is 26.4. The minimum absolute atomic E-state index is 0.0459. The number of benzene rings is 3. The maximum absolute atomic E-state index is 13.1. The first-order chi connectivity index (χ1) is 17.7. The van der Waals surface area contributed by atoms with Crippen LogP contribution >= 0.6 is 11.8 Å². The van der Waals surface area contributed by atoms with Crippen molar-refractivity contribution in [2.24, 2.45) is 10.1 Å². The molecule has 192 valence electrons. The summed E-state index contributed by atoms with van der Waals surface area (Å²) in [6.45, 7) is 0.372. The van der Waals surface area contributed by atoms with Crippen LogP contribution in [-0.2, 0) is 26.0 Å². The molecular formula is C26H26N4O5S2. The van der Waals surface area contributed by atoms with E-state index in [2.05, 4.69) is 10.3 Å². The van der Waals surface area contributed by atoms with E-state index in [1.54, 1.807) is 55.6 Å². The summed E-state index contributed by atoms with van der Waals surface area (Å²) in [7, 11) is -2.17. The Labute approximate surface area is 219 Å². The minimum Gasteiger partial charge on any atom is -0.497 e. The molecule has 0 spiro atoms. The predicted molar refractivity (Wildman–Crippen MR) is 145 cm³/mol. The lowest BCUT2D eigenvalue weighted by atomic mass is 10.1. The number of ether oxygens (including phenoxy) is 1. The Morgan fingerprint density at radius 3 is 2.35 bits per heavy atom. The lowest BCUT2D eigenvalue weighted by Gasteiger charge is -2.16. The largest absolute Gasteiger partial charge is 0.497 e. The highest BCUT2D eigenvalue weighted by Gasteiger charge is 2.40. The molecule has 2 amide bonds. The zero-order valence-electron chi connectivity index (χ0n) is 20.0. The Balaban J connectivity index is 1.50. The van der Waals surface area contributed by atoms with Gasteiger partial charge < -0.3 is 10.1 Å². The number of amides is 2. The second kappa shape index (κ2) is 11.6. The second-order valence-corrected chi connectivity index (χ2v) is 10.9. The van der Waals surface area contributed by atoms with Crippen LogP contribution in [0.3, 0.4) is 0 Å². The van der Waals surface area contributed by atoms with E-state index in [-0.39, 0.29) is 23.1 Å². The van der Waals surface area contributed by atoms with Crippen LogP contribution in [0, 0.1) is 0 Å². The van der Waals surface area contributed by atoms with Gasteiger partial charge in [0.25, 0.3) is 0 Å². The summed E-state index contributed by atoms with van der Waals surface area (Å²) < 4.78 is 28.2. The van der Waals surface area contributed by atoms with E-state index in [0.29, 0.717) is 29.6 Å². The van der Waals surface area contributed by atoms with Gasteiger partial charge in [-0.05, 0) is 60.5 Å². The van der Waals surface area contributed by atoms with E-state index in [0.717, 1.165) is 11.3 Å². The zero-order chi connectivity index (χ0) is 26.4. The maximum atomic E-state index is 13.1. The van der Waals surface area contributed by atoms with Gasteiger partial charge in [0.05, 0.1) is 17.7 Å². The number of amidine groups is 1. The van der Waals surface area contributed by atoms with E-state index in [1.807, 2.05) is 18.2 Å². The Kier molecular flexibility index (Phi) is 8.27. The maximum Gasteiger partial charge on any atom is 0.247 e. The highest BCUT2D eigenvalue weighted by molar-refractivity contribution is 8.15. The van der Waals surface area contributed by atoms with Gasteiger partial charge in [0.1, 0.15) is 11.0 Å². The summed E-state index contributed by atoms with van der Waals surface area (Å²) >= 11 is 1.21. The fraction of sp³-hybridized carbons (Fsp3) is 0.192. The standard InChI is InChI=1S/C26H26N4O5S2/c1-35-21-11-9-19(10-12-21)29-26(28-16-15-18-7-13-22(14-8-18)37(27,33)34)36-23-17-24(31)30(25(23)32)20-5-3-2-4-6-20/h2-14,23H,15-17H2,1H3,(H,28,29)(H2,27,33,34). The summed E-state index contributed by atoms with van der Waals surface area (Å²) in [6, 6.07) is 22.4. The van der Waals surface area contributed by atoms with Crippen LogP contribution in [0.15, 0.2) is 88.8 Å². The van der Waals surface area contributed by atoms with Crippen LogP contribution < -0.4 is 20.1 Å². The van der Waals surface area contributed by atoms with E-state index < -0.39 is 15.3 Å². The Hall–Kier alpha value is -3.67. The summed E-state index contributed by atoms with van der Waals surface area (Å²) in [4.78, 5) is 31.7.